The maximum absolute atomic E-state index is 11.9. The maximum Gasteiger partial charge on any atom is 0.220 e. The third kappa shape index (κ3) is 3.88. The molecular formula is C14H24N2O2. The highest BCUT2D eigenvalue weighted by Crippen LogP contribution is 2.21. The summed E-state index contributed by atoms with van der Waals surface area (Å²) in [5, 5.41) is 2.99. The topological polar surface area (TPSA) is 68.3 Å². The summed E-state index contributed by atoms with van der Waals surface area (Å²) in [6.45, 7) is 8.41. The molecule has 1 amide bonds. The minimum atomic E-state index is -0.0229. The summed E-state index contributed by atoms with van der Waals surface area (Å²) in [6, 6.07) is 1.95. The van der Waals surface area contributed by atoms with Crippen LogP contribution in [0.25, 0.3) is 0 Å². The van der Waals surface area contributed by atoms with Crippen molar-refractivity contribution in [1.82, 2.24) is 5.32 Å². The number of rotatable bonds is 6. The Balaban J connectivity index is 2.57. The van der Waals surface area contributed by atoms with Crippen LogP contribution in [0, 0.1) is 19.8 Å². The summed E-state index contributed by atoms with van der Waals surface area (Å²) < 4.78 is 5.47. The first-order valence-corrected chi connectivity index (χ1v) is 6.54. The molecular weight excluding hydrogens is 228 g/mol. The van der Waals surface area contributed by atoms with E-state index in [1.165, 1.54) is 0 Å². The van der Waals surface area contributed by atoms with Crippen LogP contribution in [0.15, 0.2) is 10.5 Å². The van der Waals surface area contributed by atoms with Crippen LogP contribution in [0.1, 0.15) is 49.8 Å². The summed E-state index contributed by atoms with van der Waals surface area (Å²) >= 11 is 0. The van der Waals surface area contributed by atoms with Crippen LogP contribution >= 0.6 is 0 Å². The molecule has 2 unspecified atom stereocenters. The van der Waals surface area contributed by atoms with Gasteiger partial charge in [0.25, 0.3) is 0 Å². The molecule has 0 aliphatic carbocycles. The number of hydrogen-bond acceptors (Lipinski definition) is 3. The molecule has 1 heterocycles. The second-order valence-electron chi connectivity index (χ2n) is 4.87. The monoisotopic (exact) mass is 252 g/mol. The first kappa shape index (κ1) is 14.8. The second-order valence-corrected chi connectivity index (χ2v) is 4.87. The first-order chi connectivity index (χ1) is 8.47. The van der Waals surface area contributed by atoms with Gasteiger partial charge in [-0.05, 0) is 39.3 Å². The summed E-state index contributed by atoms with van der Waals surface area (Å²) in [5.41, 5.74) is 6.65. The van der Waals surface area contributed by atoms with Crippen molar-refractivity contribution in [2.45, 2.75) is 46.6 Å². The van der Waals surface area contributed by atoms with Crippen molar-refractivity contribution in [3.8, 4) is 0 Å². The van der Waals surface area contributed by atoms with E-state index in [1.807, 2.05) is 26.8 Å². The molecule has 2 atom stereocenters. The molecule has 3 N–H and O–H groups in total. The van der Waals surface area contributed by atoms with Crippen LogP contribution in [-0.2, 0) is 4.79 Å². The van der Waals surface area contributed by atoms with Crippen molar-refractivity contribution in [3.63, 3.8) is 0 Å². The van der Waals surface area contributed by atoms with Crippen molar-refractivity contribution in [2.24, 2.45) is 11.7 Å². The molecule has 1 aromatic heterocycles. The van der Waals surface area contributed by atoms with Crippen LogP contribution in [0.2, 0.25) is 0 Å². The minimum absolute atomic E-state index is 0.0229. The summed E-state index contributed by atoms with van der Waals surface area (Å²) in [4.78, 5) is 11.9. The van der Waals surface area contributed by atoms with E-state index in [1.54, 1.807) is 0 Å². The van der Waals surface area contributed by atoms with E-state index in [-0.39, 0.29) is 17.9 Å². The summed E-state index contributed by atoms with van der Waals surface area (Å²) in [7, 11) is 0. The Morgan fingerprint density at radius 2 is 2.17 bits per heavy atom. The number of furan rings is 1. The van der Waals surface area contributed by atoms with E-state index in [2.05, 4.69) is 12.2 Å². The largest absolute Gasteiger partial charge is 0.466 e. The molecule has 0 aromatic carbocycles. The Kier molecular flexibility index (Phi) is 5.41. The van der Waals surface area contributed by atoms with Gasteiger partial charge in [0.15, 0.2) is 0 Å². The average Bonchev–Trinajstić information content (AvgIpc) is 2.65. The molecule has 0 saturated heterocycles. The molecule has 4 heteroatoms. The molecule has 0 bridgehead atoms. The third-order valence-corrected chi connectivity index (χ3v) is 3.31. The van der Waals surface area contributed by atoms with Gasteiger partial charge in [-0.15, -0.1) is 0 Å². The van der Waals surface area contributed by atoms with Crippen LogP contribution in [0.3, 0.4) is 0 Å². The van der Waals surface area contributed by atoms with E-state index in [0.29, 0.717) is 13.0 Å². The molecule has 0 radical (unpaired) electrons. The fourth-order valence-corrected chi connectivity index (χ4v) is 2.12. The Labute approximate surface area is 109 Å². The molecule has 102 valence electrons. The van der Waals surface area contributed by atoms with E-state index in [4.69, 9.17) is 10.2 Å². The third-order valence-electron chi connectivity index (χ3n) is 3.31. The minimum Gasteiger partial charge on any atom is -0.466 e. The van der Waals surface area contributed by atoms with E-state index in [9.17, 15) is 4.79 Å². The highest BCUT2D eigenvalue weighted by Gasteiger charge is 2.17. The number of nitrogens with two attached hydrogens (primary N) is 1. The highest BCUT2D eigenvalue weighted by molar-refractivity contribution is 5.76. The number of carbonyl (C=O) groups excluding carboxylic acids is 1. The maximum atomic E-state index is 11.9. The van der Waals surface area contributed by atoms with Crippen molar-refractivity contribution in [2.75, 3.05) is 6.54 Å². The van der Waals surface area contributed by atoms with Gasteiger partial charge in [-0.25, -0.2) is 0 Å². The Morgan fingerprint density at radius 1 is 1.50 bits per heavy atom. The summed E-state index contributed by atoms with van der Waals surface area (Å²) in [6.07, 6.45) is 1.43. The average molecular weight is 252 g/mol. The Bertz CT molecular complexity index is 394. The van der Waals surface area contributed by atoms with Crippen LogP contribution in [-0.4, -0.2) is 12.5 Å². The van der Waals surface area contributed by atoms with Gasteiger partial charge in [0.1, 0.15) is 11.5 Å². The van der Waals surface area contributed by atoms with E-state index in [0.717, 1.165) is 23.5 Å². The fourth-order valence-electron chi connectivity index (χ4n) is 2.12. The lowest BCUT2D eigenvalue weighted by Crippen LogP contribution is -2.30. The van der Waals surface area contributed by atoms with Gasteiger partial charge >= 0.3 is 0 Å². The van der Waals surface area contributed by atoms with Gasteiger partial charge in [-0.1, -0.05) is 13.3 Å². The lowest BCUT2D eigenvalue weighted by molar-refractivity contribution is -0.122. The van der Waals surface area contributed by atoms with Crippen molar-refractivity contribution < 1.29 is 9.21 Å². The van der Waals surface area contributed by atoms with Crippen LogP contribution in [0.5, 0.6) is 0 Å². The van der Waals surface area contributed by atoms with Crippen LogP contribution in [0.4, 0.5) is 0 Å². The highest BCUT2D eigenvalue weighted by atomic mass is 16.3. The molecule has 0 spiro atoms. The second kappa shape index (κ2) is 6.59. The molecule has 18 heavy (non-hydrogen) atoms. The number of aryl methyl sites for hydroxylation is 2. The molecule has 0 aliphatic rings. The number of hydrogen-bond donors (Lipinski definition) is 2. The Morgan fingerprint density at radius 3 is 2.61 bits per heavy atom. The predicted octanol–water partition coefficient (Wildman–Crippen LogP) is 2.45. The first-order valence-electron chi connectivity index (χ1n) is 6.54. The van der Waals surface area contributed by atoms with E-state index >= 15 is 0 Å². The van der Waals surface area contributed by atoms with Gasteiger partial charge < -0.3 is 15.5 Å². The number of nitrogens with one attached hydrogen (secondary N) is 1. The quantitative estimate of drug-likeness (QED) is 0.817. The smallest absolute Gasteiger partial charge is 0.220 e. The van der Waals surface area contributed by atoms with Gasteiger partial charge in [0.05, 0.1) is 6.04 Å². The molecule has 0 fully saturated rings. The molecule has 0 aliphatic heterocycles. The Hall–Kier alpha value is -1.29. The fraction of sp³-hybridized carbons (Fsp3) is 0.643. The van der Waals surface area contributed by atoms with Crippen molar-refractivity contribution in [1.29, 1.82) is 0 Å². The number of amides is 1. The molecule has 1 rings (SSSR count). The normalized spacial score (nSPS) is 14.3. The summed E-state index contributed by atoms with van der Waals surface area (Å²) in [5.74, 6) is 2.06. The van der Waals surface area contributed by atoms with Crippen molar-refractivity contribution in [3.05, 3.63) is 23.2 Å². The van der Waals surface area contributed by atoms with Gasteiger partial charge in [-0.3, -0.25) is 4.79 Å². The van der Waals surface area contributed by atoms with Crippen molar-refractivity contribution >= 4 is 5.91 Å². The van der Waals surface area contributed by atoms with E-state index < -0.39 is 0 Å². The standard InChI is InChI=1S/C14H24N2O2/c1-5-12(8-15)7-14(17)16-10(3)13-6-9(2)18-11(13)4/h6,10,12H,5,7-8,15H2,1-4H3,(H,16,17). The SMILES string of the molecule is CCC(CN)CC(=O)NC(C)c1cc(C)oc1C. The number of carbonyl (C=O) groups is 1. The lowest BCUT2D eigenvalue weighted by Gasteiger charge is -2.16. The zero-order chi connectivity index (χ0) is 13.7. The van der Waals surface area contributed by atoms with Gasteiger partial charge in [0, 0.05) is 12.0 Å². The lowest BCUT2D eigenvalue weighted by atomic mass is 10.0. The predicted molar refractivity (Wildman–Crippen MR) is 72.2 cm³/mol. The molecule has 1 aromatic rings. The van der Waals surface area contributed by atoms with Gasteiger partial charge in [0.2, 0.25) is 5.91 Å². The van der Waals surface area contributed by atoms with Crippen LogP contribution < -0.4 is 11.1 Å². The zero-order valence-corrected chi connectivity index (χ0v) is 11.7. The van der Waals surface area contributed by atoms with Gasteiger partial charge in [-0.2, -0.15) is 0 Å². The molecule has 4 nitrogen and oxygen atoms in total. The molecule has 0 saturated carbocycles. The zero-order valence-electron chi connectivity index (χ0n) is 11.7.